The molecule has 1 unspecified atom stereocenters. The molecule has 0 heterocycles. The Kier molecular flexibility index (Phi) is 8.34. The van der Waals surface area contributed by atoms with Crippen LogP contribution in [0.2, 0.25) is 0 Å². The number of allylic oxidation sites excluding steroid dienone is 2. The maximum atomic E-state index is 11.4. The SMILES string of the molecule is C/C=C/S(=O)(=O)NC(C)CC/C=C/C(=O)OC(C)C. The molecule has 1 atom stereocenters. The topological polar surface area (TPSA) is 72.5 Å². The lowest BCUT2D eigenvalue weighted by atomic mass is 10.2. The first-order valence-electron chi connectivity index (χ1n) is 6.29. The highest BCUT2D eigenvalue weighted by Crippen LogP contribution is 2.01. The Labute approximate surface area is 115 Å². The molecule has 0 bridgehead atoms. The van der Waals surface area contributed by atoms with E-state index < -0.39 is 10.0 Å². The van der Waals surface area contributed by atoms with Gasteiger partial charge in [-0.05, 0) is 40.5 Å². The van der Waals surface area contributed by atoms with Crippen molar-refractivity contribution in [2.24, 2.45) is 0 Å². The van der Waals surface area contributed by atoms with Gasteiger partial charge < -0.3 is 4.74 Å². The van der Waals surface area contributed by atoms with Crippen molar-refractivity contribution >= 4 is 16.0 Å². The summed E-state index contributed by atoms with van der Waals surface area (Å²) < 4.78 is 30.3. The number of esters is 1. The second-order valence-electron chi connectivity index (χ2n) is 4.50. The molecule has 0 aliphatic rings. The van der Waals surface area contributed by atoms with Crippen LogP contribution in [0.15, 0.2) is 23.6 Å². The van der Waals surface area contributed by atoms with Gasteiger partial charge in [-0.3, -0.25) is 0 Å². The third-order valence-electron chi connectivity index (χ3n) is 2.05. The molecule has 0 aliphatic carbocycles. The van der Waals surface area contributed by atoms with Crippen molar-refractivity contribution in [1.29, 1.82) is 0 Å². The van der Waals surface area contributed by atoms with Crippen LogP contribution in [-0.2, 0) is 19.6 Å². The molecular formula is C13H23NO4S. The summed E-state index contributed by atoms with van der Waals surface area (Å²) in [5.74, 6) is -0.378. The van der Waals surface area contributed by atoms with Crippen LogP contribution in [0, 0.1) is 0 Å². The Morgan fingerprint density at radius 3 is 2.47 bits per heavy atom. The Morgan fingerprint density at radius 2 is 1.95 bits per heavy atom. The lowest BCUT2D eigenvalue weighted by Gasteiger charge is -2.10. The molecule has 19 heavy (non-hydrogen) atoms. The van der Waals surface area contributed by atoms with Gasteiger partial charge in [0.1, 0.15) is 0 Å². The van der Waals surface area contributed by atoms with Crippen LogP contribution in [0.1, 0.15) is 40.5 Å². The van der Waals surface area contributed by atoms with E-state index >= 15 is 0 Å². The highest BCUT2D eigenvalue weighted by Gasteiger charge is 2.09. The number of hydrogen-bond acceptors (Lipinski definition) is 4. The van der Waals surface area contributed by atoms with Crippen molar-refractivity contribution in [2.75, 3.05) is 0 Å². The number of hydrogen-bond donors (Lipinski definition) is 1. The van der Waals surface area contributed by atoms with Gasteiger partial charge >= 0.3 is 5.97 Å². The Bertz CT molecular complexity index is 424. The van der Waals surface area contributed by atoms with Crippen molar-refractivity contribution in [3.63, 3.8) is 0 Å². The van der Waals surface area contributed by atoms with E-state index in [1.54, 1.807) is 33.8 Å². The summed E-state index contributed by atoms with van der Waals surface area (Å²) in [7, 11) is -3.35. The van der Waals surface area contributed by atoms with Crippen LogP contribution in [0.4, 0.5) is 0 Å². The first-order valence-corrected chi connectivity index (χ1v) is 7.83. The van der Waals surface area contributed by atoms with E-state index in [-0.39, 0.29) is 18.1 Å². The second kappa shape index (κ2) is 8.87. The van der Waals surface area contributed by atoms with Crippen molar-refractivity contribution in [3.8, 4) is 0 Å². The van der Waals surface area contributed by atoms with Gasteiger partial charge in [0.2, 0.25) is 10.0 Å². The highest BCUT2D eigenvalue weighted by molar-refractivity contribution is 7.92. The fraction of sp³-hybridized carbons (Fsp3) is 0.615. The van der Waals surface area contributed by atoms with Crippen LogP contribution in [0.3, 0.4) is 0 Å². The predicted octanol–water partition coefficient (Wildman–Crippen LogP) is 2.12. The number of carbonyl (C=O) groups excluding carboxylic acids is 1. The van der Waals surface area contributed by atoms with Crippen LogP contribution >= 0.6 is 0 Å². The second-order valence-corrected chi connectivity index (χ2v) is 6.10. The van der Waals surface area contributed by atoms with Crippen molar-refractivity contribution in [3.05, 3.63) is 23.6 Å². The molecule has 110 valence electrons. The molecule has 0 fully saturated rings. The smallest absolute Gasteiger partial charge is 0.330 e. The van der Waals surface area contributed by atoms with Crippen LogP contribution in [0.5, 0.6) is 0 Å². The number of carbonyl (C=O) groups is 1. The van der Waals surface area contributed by atoms with Gasteiger partial charge in [-0.2, -0.15) is 0 Å². The summed E-state index contributed by atoms with van der Waals surface area (Å²) >= 11 is 0. The maximum absolute atomic E-state index is 11.4. The van der Waals surface area contributed by atoms with Gasteiger partial charge in [-0.15, -0.1) is 0 Å². The largest absolute Gasteiger partial charge is 0.460 e. The zero-order chi connectivity index (χ0) is 14.9. The monoisotopic (exact) mass is 289 g/mol. The summed E-state index contributed by atoms with van der Waals surface area (Å²) in [6.07, 6.45) is 5.60. The van der Waals surface area contributed by atoms with E-state index in [1.165, 1.54) is 12.2 Å². The van der Waals surface area contributed by atoms with Crippen LogP contribution < -0.4 is 4.72 Å². The van der Waals surface area contributed by atoms with E-state index in [9.17, 15) is 13.2 Å². The van der Waals surface area contributed by atoms with E-state index in [0.29, 0.717) is 12.8 Å². The zero-order valence-corrected chi connectivity index (χ0v) is 12.7. The Hall–Kier alpha value is -1.14. The molecular weight excluding hydrogens is 266 g/mol. The zero-order valence-electron chi connectivity index (χ0n) is 11.9. The first kappa shape index (κ1) is 17.9. The normalized spacial score (nSPS) is 14.4. The van der Waals surface area contributed by atoms with Gasteiger partial charge in [-0.1, -0.05) is 12.2 Å². The number of rotatable bonds is 8. The van der Waals surface area contributed by atoms with Gasteiger partial charge in [0.15, 0.2) is 0 Å². The van der Waals surface area contributed by atoms with E-state index in [0.717, 1.165) is 5.41 Å². The van der Waals surface area contributed by atoms with Gasteiger partial charge in [-0.25, -0.2) is 17.9 Å². The predicted molar refractivity (Wildman–Crippen MR) is 75.9 cm³/mol. The number of sulfonamides is 1. The minimum atomic E-state index is -3.35. The molecule has 6 heteroatoms. The fourth-order valence-corrected chi connectivity index (χ4v) is 2.47. The Balaban J connectivity index is 4.02. The highest BCUT2D eigenvalue weighted by atomic mass is 32.2. The molecule has 5 nitrogen and oxygen atoms in total. The standard InChI is InChI=1S/C13H23NO4S/c1-5-10-19(16,17)14-12(4)8-6-7-9-13(15)18-11(2)3/h5,7,9-12,14H,6,8H2,1-4H3/b9-7+,10-5+. The molecule has 0 radical (unpaired) electrons. The molecule has 0 aromatic rings. The molecule has 0 spiro atoms. The van der Waals surface area contributed by atoms with E-state index in [4.69, 9.17) is 4.74 Å². The van der Waals surface area contributed by atoms with Gasteiger partial charge in [0.25, 0.3) is 0 Å². The number of ether oxygens (including phenoxy) is 1. The quantitative estimate of drug-likeness (QED) is 0.549. The molecule has 0 saturated carbocycles. The third-order valence-corrected chi connectivity index (χ3v) is 3.41. The average molecular weight is 289 g/mol. The first-order chi connectivity index (χ1) is 8.76. The lowest BCUT2D eigenvalue weighted by molar-refractivity contribution is -0.141. The van der Waals surface area contributed by atoms with Crippen molar-refractivity contribution in [1.82, 2.24) is 4.72 Å². The molecule has 0 saturated heterocycles. The summed E-state index contributed by atoms with van der Waals surface area (Å²) in [6.45, 7) is 6.99. The summed E-state index contributed by atoms with van der Waals surface area (Å²) in [4.78, 5) is 11.2. The maximum Gasteiger partial charge on any atom is 0.330 e. The fourth-order valence-electron chi connectivity index (χ4n) is 1.36. The van der Waals surface area contributed by atoms with Crippen LogP contribution in [0.25, 0.3) is 0 Å². The molecule has 0 aromatic carbocycles. The minimum Gasteiger partial charge on any atom is -0.460 e. The van der Waals surface area contributed by atoms with E-state index in [1.807, 2.05) is 0 Å². The molecule has 0 aliphatic heterocycles. The molecule has 1 N–H and O–H groups in total. The third kappa shape index (κ3) is 10.5. The molecule has 0 amide bonds. The summed E-state index contributed by atoms with van der Waals surface area (Å²) in [6, 6.07) is -0.188. The van der Waals surface area contributed by atoms with Gasteiger partial charge in [0.05, 0.1) is 6.10 Å². The van der Waals surface area contributed by atoms with Crippen molar-refractivity contribution < 1.29 is 17.9 Å². The lowest BCUT2D eigenvalue weighted by Crippen LogP contribution is -2.30. The average Bonchev–Trinajstić information content (AvgIpc) is 2.22. The van der Waals surface area contributed by atoms with E-state index in [2.05, 4.69) is 4.72 Å². The van der Waals surface area contributed by atoms with Gasteiger partial charge in [0, 0.05) is 17.5 Å². The molecule has 0 aromatic heterocycles. The Morgan fingerprint density at radius 1 is 1.32 bits per heavy atom. The minimum absolute atomic E-state index is 0.135. The summed E-state index contributed by atoms with van der Waals surface area (Å²) in [5.41, 5.74) is 0. The van der Waals surface area contributed by atoms with Crippen molar-refractivity contribution in [2.45, 2.75) is 52.7 Å². The molecule has 0 rings (SSSR count). The number of nitrogens with one attached hydrogen (secondary N) is 1. The van der Waals surface area contributed by atoms with Crippen LogP contribution in [-0.4, -0.2) is 26.5 Å². The summed E-state index contributed by atoms with van der Waals surface area (Å²) in [5, 5.41) is 1.12.